The molecule has 0 bridgehead atoms. The molecule has 0 aromatic heterocycles. The minimum Gasteiger partial charge on any atom is -0.483 e. The van der Waals surface area contributed by atoms with Crippen molar-refractivity contribution in [3.8, 4) is 5.75 Å². The molecule has 0 fully saturated rings. The average Bonchev–Trinajstić information content (AvgIpc) is 2.42. The van der Waals surface area contributed by atoms with Crippen LogP contribution in [0.1, 0.15) is 11.1 Å². The third-order valence-corrected chi connectivity index (χ3v) is 3.31. The number of ether oxygens (including phenoxy) is 1. The Labute approximate surface area is 129 Å². The molecule has 0 aliphatic rings. The van der Waals surface area contributed by atoms with Gasteiger partial charge in [0.15, 0.2) is 17.4 Å². The Hall–Kier alpha value is -1.53. The van der Waals surface area contributed by atoms with Crippen molar-refractivity contribution < 1.29 is 17.9 Å². The smallest absolute Gasteiger partial charge is 0.191 e. The topological polar surface area (TPSA) is 21.3 Å². The SMILES string of the molecule is CNCc1cc(F)c(OCc2cc(Br)ccc2F)c(F)c1. The largest absolute Gasteiger partial charge is 0.483 e. The van der Waals surface area contributed by atoms with Gasteiger partial charge in [0.2, 0.25) is 0 Å². The predicted molar refractivity (Wildman–Crippen MR) is 77.6 cm³/mol. The van der Waals surface area contributed by atoms with Gasteiger partial charge in [-0.05, 0) is 42.9 Å². The summed E-state index contributed by atoms with van der Waals surface area (Å²) >= 11 is 3.20. The van der Waals surface area contributed by atoms with Gasteiger partial charge in [0, 0.05) is 16.6 Å². The standard InChI is InChI=1S/C15H13BrF3NO/c1-20-7-9-4-13(18)15(14(19)5-9)21-8-10-6-11(16)2-3-12(10)17/h2-6,20H,7-8H2,1H3. The molecule has 0 radical (unpaired) electrons. The molecular weight excluding hydrogens is 347 g/mol. The van der Waals surface area contributed by atoms with E-state index in [2.05, 4.69) is 21.2 Å². The van der Waals surface area contributed by atoms with E-state index in [1.54, 1.807) is 7.05 Å². The van der Waals surface area contributed by atoms with Crippen molar-refractivity contribution in [3.63, 3.8) is 0 Å². The Bertz CT molecular complexity index is 626. The molecular formula is C15H13BrF3NO. The summed E-state index contributed by atoms with van der Waals surface area (Å²) in [7, 11) is 1.68. The Balaban J connectivity index is 2.18. The van der Waals surface area contributed by atoms with E-state index in [1.807, 2.05) is 0 Å². The van der Waals surface area contributed by atoms with Gasteiger partial charge >= 0.3 is 0 Å². The lowest BCUT2D eigenvalue weighted by Gasteiger charge is -2.11. The van der Waals surface area contributed by atoms with Crippen LogP contribution in [0.25, 0.3) is 0 Å². The molecule has 0 aliphatic heterocycles. The van der Waals surface area contributed by atoms with Gasteiger partial charge < -0.3 is 10.1 Å². The van der Waals surface area contributed by atoms with E-state index in [0.717, 1.165) is 0 Å². The molecule has 2 rings (SSSR count). The Kier molecular flexibility index (Phi) is 5.25. The van der Waals surface area contributed by atoms with E-state index in [9.17, 15) is 13.2 Å². The van der Waals surface area contributed by atoms with E-state index >= 15 is 0 Å². The number of hydrogen-bond donors (Lipinski definition) is 1. The summed E-state index contributed by atoms with van der Waals surface area (Å²) in [5.41, 5.74) is 0.677. The molecule has 0 aliphatic carbocycles. The van der Waals surface area contributed by atoms with Gasteiger partial charge in [-0.2, -0.15) is 0 Å². The third-order valence-electron chi connectivity index (χ3n) is 2.82. The lowest BCUT2D eigenvalue weighted by molar-refractivity contribution is 0.269. The van der Waals surface area contributed by atoms with Crippen molar-refractivity contribution >= 4 is 15.9 Å². The van der Waals surface area contributed by atoms with Crippen LogP contribution in [0.15, 0.2) is 34.8 Å². The quantitative estimate of drug-likeness (QED) is 0.865. The first kappa shape index (κ1) is 15.9. The van der Waals surface area contributed by atoms with Crippen molar-refractivity contribution in [2.45, 2.75) is 13.2 Å². The summed E-state index contributed by atoms with van der Waals surface area (Å²) in [6.45, 7) is 0.0822. The molecule has 0 unspecified atom stereocenters. The summed E-state index contributed by atoms with van der Waals surface area (Å²) in [5.74, 6) is -2.62. The van der Waals surface area contributed by atoms with E-state index < -0.39 is 23.2 Å². The minimum atomic E-state index is -0.810. The number of halogens is 4. The number of nitrogens with one attached hydrogen (secondary N) is 1. The highest BCUT2D eigenvalue weighted by Gasteiger charge is 2.14. The molecule has 0 spiro atoms. The second kappa shape index (κ2) is 6.95. The van der Waals surface area contributed by atoms with Crippen LogP contribution in [0.4, 0.5) is 13.2 Å². The van der Waals surface area contributed by atoms with E-state index in [1.165, 1.54) is 30.3 Å². The van der Waals surface area contributed by atoms with Gasteiger partial charge in [-0.25, -0.2) is 13.2 Å². The zero-order valence-corrected chi connectivity index (χ0v) is 12.8. The van der Waals surface area contributed by atoms with Crippen LogP contribution in [0.2, 0.25) is 0 Å². The van der Waals surface area contributed by atoms with Crippen LogP contribution in [0.5, 0.6) is 5.75 Å². The van der Waals surface area contributed by atoms with Crippen LogP contribution >= 0.6 is 15.9 Å². The summed E-state index contributed by atoms with van der Waals surface area (Å²) in [6, 6.07) is 6.66. The van der Waals surface area contributed by atoms with Crippen molar-refractivity contribution in [3.05, 3.63) is 63.4 Å². The fourth-order valence-electron chi connectivity index (χ4n) is 1.86. The van der Waals surface area contributed by atoms with E-state index in [-0.39, 0.29) is 12.2 Å². The van der Waals surface area contributed by atoms with E-state index in [4.69, 9.17) is 4.74 Å². The average molecular weight is 360 g/mol. The normalized spacial score (nSPS) is 10.7. The van der Waals surface area contributed by atoms with Gasteiger partial charge in [-0.3, -0.25) is 0 Å². The van der Waals surface area contributed by atoms with Crippen LogP contribution in [-0.4, -0.2) is 7.05 Å². The molecule has 0 saturated carbocycles. The Morgan fingerprint density at radius 3 is 2.33 bits per heavy atom. The third kappa shape index (κ3) is 3.98. The molecule has 2 aromatic rings. The van der Waals surface area contributed by atoms with Crippen molar-refractivity contribution in [1.82, 2.24) is 5.32 Å². The highest BCUT2D eigenvalue weighted by molar-refractivity contribution is 9.10. The van der Waals surface area contributed by atoms with Gasteiger partial charge in [0.1, 0.15) is 12.4 Å². The maximum absolute atomic E-state index is 13.8. The zero-order valence-electron chi connectivity index (χ0n) is 11.2. The molecule has 112 valence electrons. The van der Waals surface area contributed by atoms with Crippen LogP contribution < -0.4 is 10.1 Å². The van der Waals surface area contributed by atoms with Crippen LogP contribution in [-0.2, 0) is 13.2 Å². The molecule has 21 heavy (non-hydrogen) atoms. The van der Waals surface area contributed by atoms with Gasteiger partial charge in [0.05, 0.1) is 0 Å². The summed E-state index contributed by atoms with van der Waals surface area (Å²) in [5, 5.41) is 2.80. The zero-order chi connectivity index (χ0) is 15.4. The van der Waals surface area contributed by atoms with Gasteiger partial charge in [-0.1, -0.05) is 15.9 Å². The van der Waals surface area contributed by atoms with Crippen LogP contribution in [0, 0.1) is 17.5 Å². The van der Waals surface area contributed by atoms with Gasteiger partial charge in [0.25, 0.3) is 0 Å². The first-order valence-corrected chi connectivity index (χ1v) is 7.00. The van der Waals surface area contributed by atoms with Crippen molar-refractivity contribution in [2.75, 3.05) is 7.05 Å². The number of hydrogen-bond acceptors (Lipinski definition) is 2. The minimum absolute atomic E-state index is 0.211. The molecule has 6 heteroatoms. The summed E-state index contributed by atoms with van der Waals surface area (Å²) in [4.78, 5) is 0. The van der Waals surface area contributed by atoms with E-state index in [0.29, 0.717) is 16.6 Å². The molecule has 0 atom stereocenters. The highest BCUT2D eigenvalue weighted by Crippen LogP contribution is 2.25. The first-order chi connectivity index (χ1) is 10.0. The van der Waals surface area contributed by atoms with Crippen molar-refractivity contribution in [1.29, 1.82) is 0 Å². The first-order valence-electron chi connectivity index (χ1n) is 6.20. The lowest BCUT2D eigenvalue weighted by atomic mass is 10.2. The second-order valence-corrected chi connectivity index (χ2v) is 5.36. The maximum Gasteiger partial charge on any atom is 0.191 e. The Morgan fingerprint density at radius 1 is 1.05 bits per heavy atom. The van der Waals surface area contributed by atoms with Crippen LogP contribution in [0.3, 0.4) is 0 Å². The summed E-state index contributed by atoms with van der Waals surface area (Å²) in [6.07, 6.45) is 0. The predicted octanol–water partition coefficient (Wildman–Crippen LogP) is 4.16. The molecule has 0 saturated heterocycles. The van der Waals surface area contributed by atoms with Crippen molar-refractivity contribution in [2.24, 2.45) is 0 Å². The van der Waals surface area contributed by atoms with Gasteiger partial charge in [-0.15, -0.1) is 0 Å². The Morgan fingerprint density at radius 2 is 1.71 bits per heavy atom. The highest BCUT2D eigenvalue weighted by atomic mass is 79.9. The number of rotatable bonds is 5. The molecule has 2 aromatic carbocycles. The fourth-order valence-corrected chi connectivity index (χ4v) is 2.27. The molecule has 0 amide bonds. The number of benzene rings is 2. The lowest BCUT2D eigenvalue weighted by Crippen LogP contribution is -2.07. The monoisotopic (exact) mass is 359 g/mol. The summed E-state index contributed by atoms with van der Waals surface area (Å²) < 4.78 is 46.9. The molecule has 1 N–H and O–H groups in total. The second-order valence-electron chi connectivity index (χ2n) is 4.44. The maximum atomic E-state index is 13.8. The fraction of sp³-hybridized carbons (Fsp3) is 0.200. The molecule has 2 nitrogen and oxygen atoms in total. The molecule has 0 heterocycles.